The van der Waals surface area contributed by atoms with Gasteiger partial charge in [0.1, 0.15) is 11.5 Å². The quantitative estimate of drug-likeness (QED) is 0.672. The summed E-state index contributed by atoms with van der Waals surface area (Å²) in [5.74, 6) is 1.03. The zero-order valence-electron chi connectivity index (χ0n) is 16.6. The number of aryl methyl sites for hydroxylation is 1. The van der Waals surface area contributed by atoms with Gasteiger partial charge in [-0.1, -0.05) is 0 Å². The van der Waals surface area contributed by atoms with Crippen molar-refractivity contribution in [2.24, 2.45) is 0 Å². The molecule has 2 aromatic rings. The van der Waals surface area contributed by atoms with Crippen molar-refractivity contribution in [1.29, 1.82) is 0 Å². The Morgan fingerprint density at radius 2 is 2.07 bits per heavy atom. The summed E-state index contributed by atoms with van der Waals surface area (Å²) < 4.78 is 16.0. The first-order chi connectivity index (χ1) is 14.0. The number of esters is 1. The third kappa shape index (κ3) is 4.23. The number of rotatable bonds is 7. The smallest absolute Gasteiger partial charge is 0.341 e. The number of likely N-dealkylation sites (N-methyl/N-ethyl adjacent to an activating group) is 1. The SMILES string of the molecule is CCOC(=O)c1c(NC(=O)C[NH+](C)Cc2ccc3c(c2)OCO3)sc2c1CCC2. The summed E-state index contributed by atoms with van der Waals surface area (Å²) in [6, 6.07) is 5.83. The lowest BCUT2D eigenvalue weighted by molar-refractivity contribution is -0.885. The normalized spacial score (nSPS) is 15.1. The molecule has 1 aliphatic carbocycles. The highest BCUT2D eigenvalue weighted by Gasteiger charge is 2.28. The summed E-state index contributed by atoms with van der Waals surface area (Å²) in [7, 11) is 1.96. The fourth-order valence-electron chi connectivity index (χ4n) is 3.82. The molecular formula is C21H25N2O5S+. The molecule has 7 nitrogen and oxygen atoms in total. The second kappa shape index (κ2) is 8.42. The zero-order chi connectivity index (χ0) is 20.4. The minimum absolute atomic E-state index is 0.117. The van der Waals surface area contributed by atoms with Gasteiger partial charge in [-0.25, -0.2) is 4.79 Å². The van der Waals surface area contributed by atoms with Crippen LogP contribution >= 0.6 is 11.3 Å². The van der Waals surface area contributed by atoms with Crippen molar-refractivity contribution < 1.29 is 28.7 Å². The van der Waals surface area contributed by atoms with Gasteiger partial charge < -0.3 is 24.4 Å². The number of fused-ring (bicyclic) bond motifs is 2. The molecule has 154 valence electrons. The van der Waals surface area contributed by atoms with E-state index in [4.69, 9.17) is 14.2 Å². The van der Waals surface area contributed by atoms with E-state index in [0.29, 0.717) is 30.3 Å². The Kier molecular flexibility index (Phi) is 5.73. The van der Waals surface area contributed by atoms with Crippen LogP contribution in [0.4, 0.5) is 5.00 Å². The summed E-state index contributed by atoms with van der Waals surface area (Å²) >= 11 is 1.50. The third-order valence-electron chi connectivity index (χ3n) is 5.06. The molecule has 1 amide bonds. The van der Waals surface area contributed by atoms with Crippen LogP contribution in [-0.4, -0.2) is 38.9 Å². The van der Waals surface area contributed by atoms with Gasteiger partial charge in [-0.15, -0.1) is 11.3 Å². The molecule has 1 atom stereocenters. The number of quaternary nitrogens is 1. The highest BCUT2D eigenvalue weighted by atomic mass is 32.1. The van der Waals surface area contributed by atoms with Gasteiger partial charge in [0.25, 0.3) is 5.91 Å². The lowest BCUT2D eigenvalue weighted by Gasteiger charge is -2.14. The molecule has 2 aliphatic rings. The molecule has 1 aliphatic heterocycles. The van der Waals surface area contributed by atoms with Gasteiger partial charge in [-0.05, 0) is 49.9 Å². The number of benzene rings is 1. The first kappa shape index (κ1) is 19.7. The standard InChI is InChI=1S/C21H24N2O5S/c1-3-26-21(25)19-14-5-4-6-17(14)29-20(19)22-18(24)11-23(2)10-13-7-8-15-16(9-13)28-12-27-15/h7-9H,3-6,10-12H2,1-2H3,(H,22,24)/p+1. The van der Waals surface area contributed by atoms with Crippen molar-refractivity contribution >= 4 is 28.2 Å². The minimum Gasteiger partial charge on any atom is -0.462 e. The lowest BCUT2D eigenvalue weighted by atomic mass is 10.1. The summed E-state index contributed by atoms with van der Waals surface area (Å²) in [5.41, 5.74) is 2.66. The van der Waals surface area contributed by atoms with E-state index in [1.54, 1.807) is 6.92 Å². The molecule has 0 radical (unpaired) electrons. The second-order valence-electron chi connectivity index (χ2n) is 7.33. The monoisotopic (exact) mass is 417 g/mol. The first-order valence-corrected chi connectivity index (χ1v) is 10.7. The number of ether oxygens (including phenoxy) is 3. The summed E-state index contributed by atoms with van der Waals surface area (Å²) in [6.07, 6.45) is 2.87. The largest absolute Gasteiger partial charge is 0.462 e. The van der Waals surface area contributed by atoms with Crippen molar-refractivity contribution in [3.8, 4) is 11.5 Å². The molecule has 1 unspecified atom stereocenters. The Hall–Kier alpha value is -2.58. The Morgan fingerprint density at radius 3 is 2.90 bits per heavy atom. The van der Waals surface area contributed by atoms with E-state index < -0.39 is 0 Å². The average Bonchev–Trinajstić information content (AvgIpc) is 3.36. The van der Waals surface area contributed by atoms with Crippen molar-refractivity contribution in [2.75, 3.05) is 32.3 Å². The van der Waals surface area contributed by atoms with E-state index in [1.807, 2.05) is 25.2 Å². The topological polar surface area (TPSA) is 78.3 Å². The lowest BCUT2D eigenvalue weighted by Crippen LogP contribution is -3.08. The minimum atomic E-state index is -0.344. The number of hydrogen-bond donors (Lipinski definition) is 2. The van der Waals surface area contributed by atoms with Gasteiger partial charge in [-0.2, -0.15) is 0 Å². The van der Waals surface area contributed by atoms with E-state index in [-0.39, 0.29) is 18.7 Å². The van der Waals surface area contributed by atoms with Gasteiger partial charge in [0.15, 0.2) is 18.0 Å². The summed E-state index contributed by atoms with van der Waals surface area (Å²) in [5, 5.41) is 3.57. The Balaban J connectivity index is 1.40. The van der Waals surface area contributed by atoms with Crippen molar-refractivity contribution in [1.82, 2.24) is 0 Å². The molecule has 29 heavy (non-hydrogen) atoms. The van der Waals surface area contributed by atoms with E-state index in [9.17, 15) is 9.59 Å². The molecule has 0 saturated heterocycles. The van der Waals surface area contributed by atoms with Crippen molar-refractivity contribution in [3.05, 3.63) is 39.8 Å². The van der Waals surface area contributed by atoms with Gasteiger partial charge in [0.2, 0.25) is 6.79 Å². The highest BCUT2D eigenvalue weighted by molar-refractivity contribution is 7.17. The maximum atomic E-state index is 12.6. The van der Waals surface area contributed by atoms with Gasteiger partial charge in [0.05, 0.1) is 19.2 Å². The van der Waals surface area contributed by atoms with Crippen LogP contribution in [0.15, 0.2) is 18.2 Å². The van der Waals surface area contributed by atoms with E-state index in [1.165, 1.54) is 16.2 Å². The van der Waals surface area contributed by atoms with Crippen LogP contribution in [0.2, 0.25) is 0 Å². The molecule has 4 rings (SSSR count). The molecule has 0 saturated carbocycles. The number of hydrogen-bond acceptors (Lipinski definition) is 6. The van der Waals surface area contributed by atoms with Crippen molar-refractivity contribution in [2.45, 2.75) is 32.7 Å². The Bertz CT molecular complexity index is 939. The van der Waals surface area contributed by atoms with E-state index in [0.717, 1.165) is 46.8 Å². The van der Waals surface area contributed by atoms with Gasteiger partial charge >= 0.3 is 5.97 Å². The summed E-state index contributed by atoms with van der Waals surface area (Å²) in [4.78, 5) is 27.3. The molecular weight excluding hydrogens is 392 g/mol. The highest BCUT2D eigenvalue weighted by Crippen LogP contribution is 2.39. The van der Waals surface area contributed by atoms with E-state index in [2.05, 4.69) is 5.32 Å². The fourth-order valence-corrected chi connectivity index (χ4v) is 5.11. The number of thiophene rings is 1. The van der Waals surface area contributed by atoms with Crippen molar-refractivity contribution in [3.63, 3.8) is 0 Å². The predicted octanol–water partition coefficient (Wildman–Crippen LogP) is 1.80. The number of nitrogens with one attached hydrogen (secondary N) is 2. The Labute approximate surface area is 173 Å². The molecule has 1 aromatic carbocycles. The number of amides is 1. The van der Waals surface area contributed by atoms with Gasteiger partial charge in [0, 0.05) is 10.4 Å². The van der Waals surface area contributed by atoms with Crippen LogP contribution in [0.5, 0.6) is 11.5 Å². The molecule has 0 fully saturated rings. The van der Waals surface area contributed by atoms with Crippen LogP contribution in [0.25, 0.3) is 0 Å². The van der Waals surface area contributed by atoms with Crippen LogP contribution in [0.1, 0.15) is 39.7 Å². The summed E-state index contributed by atoms with van der Waals surface area (Å²) in [6.45, 7) is 3.32. The number of carbonyl (C=O) groups excluding carboxylic acids is 2. The number of anilines is 1. The first-order valence-electron chi connectivity index (χ1n) is 9.86. The van der Waals surface area contributed by atoms with Crippen LogP contribution in [0.3, 0.4) is 0 Å². The molecule has 0 bridgehead atoms. The maximum Gasteiger partial charge on any atom is 0.341 e. The molecule has 2 N–H and O–H groups in total. The number of carbonyl (C=O) groups is 2. The molecule has 1 aromatic heterocycles. The second-order valence-corrected chi connectivity index (χ2v) is 8.43. The molecule has 0 spiro atoms. The van der Waals surface area contributed by atoms with E-state index >= 15 is 0 Å². The van der Waals surface area contributed by atoms with Crippen LogP contribution in [-0.2, 0) is 28.9 Å². The van der Waals surface area contributed by atoms with Crippen LogP contribution in [0, 0.1) is 0 Å². The maximum absolute atomic E-state index is 12.6. The molecule has 2 heterocycles. The fraction of sp³-hybridized carbons (Fsp3) is 0.429. The van der Waals surface area contributed by atoms with Crippen LogP contribution < -0.4 is 19.7 Å². The Morgan fingerprint density at radius 1 is 1.24 bits per heavy atom. The third-order valence-corrected chi connectivity index (χ3v) is 6.27. The van der Waals surface area contributed by atoms with Gasteiger partial charge in [-0.3, -0.25) is 4.79 Å². The predicted molar refractivity (Wildman–Crippen MR) is 109 cm³/mol. The zero-order valence-corrected chi connectivity index (χ0v) is 17.4. The molecule has 8 heteroatoms. The average molecular weight is 418 g/mol.